The van der Waals surface area contributed by atoms with Crippen LogP contribution in [0.3, 0.4) is 0 Å². The van der Waals surface area contributed by atoms with Crippen LogP contribution in [0, 0.1) is 0 Å². The smallest absolute Gasteiger partial charge is 0.271 e. The fourth-order valence-corrected chi connectivity index (χ4v) is 6.72. The van der Waals surface area contributed by atoms with Crippen LogP contribution in [0.1, 0.15) is 34.0 Å². The van der Waals surface area contributed by atoms with Crippen molar-refractivity contribution >= 4 is 34.4 Å². The molecule has 1 atom stereocenters. The summed E-state index contributed by atoms with van der Waals surface area (Å²) < 4.78 is 13.5. The zero-order valence-electron chi connectivity index (χ0n) is 17.5. The van der Waals surface area contributed by atoms with Crippen molar-refractivity contribution in [3.05, 3.63) is 107 Å². The van der Waals surface area contributed by atoms with Crippen LogP contribution < -0.4 is 24.4 Å². The van der Waals surface area contributed by atoms with E-state index in [9.17, 15) is 4.79 Å². The topological polar surface area (TPSA) is 52.8 Å². The molecule has 5 nitrogen and oxygen atoms in total. The van der Waals surface area contributed by atoms with Gasteiger partial charge in [-0.15, -0.1) is 11.3 Å². The molecule has 4 aromatic rings. The molecule has 7 heteroatoms. The highest BCUT2D eigenvalue weighted by Gasteiger charge is 2.33. The minimum atomic E-state index is -0.108. The monoisotopic (exact) mass is 470 g/mol. The molecule has 33 heavy (non-hydrogen) atoms. The number of fused-ring (bicyclic) bond motifs is 4. The van der Waals surface area contributed by atoms with E-state index in [1.54, 1.807) is 11.3 Å². The van der Waals surface area contributed by atoms with Gasteiger partial charge in [0.25, 0.3) is 5.56 Å². The number of thiophene rings is 1. The Bertz CT molecular complexity index is 1630. The number of ether oxygens (including phenoxy) is 2. The number of hydrogen-bond donors (Lipinski definition) is 0. The lowest BCUT2D eigenvalue weighted by Crippen LogP contribution is -2.38. The first-order valence-corrected chi connectivity index (χ1v) is 12.5. The van der Waals surface area contributed by atoms with Crippen LogP contribution in [0.2, 0.25) is 0 Å². The molecular weight excluding hydrogens is 452 g/mol. The third-order valence-electron chi connectivity index (χ3n) is 6.38. The van der Waals surface area contributed by atoms with Gasteiger partial charge >= 0.3 is 0 Å². The van der Waals surface area contributed by atoms with Gasteiger partial charge in [0.2, 0.25) is 6.79 Å². The highest BCUT2D eigenvalue weighted by molar-refractivity contribution is 7.10. The highest BCUT2D eigenvalue weighted by atomic mass is 32.1. The van der Waals surface area contributed by atoms with Gasteiger partial charge in [-0.1, -0.05) is 47.7 Å². The molecule has 162 valence electrons. The van der Waals surface area contributed by atoms with E-state index in [0.717, 1.165) is 34.7 Å². The van der Waals surface area contributed by atoms with Gasteiger partial charge in [0, 0.05) is 10.4 Å². The Morgan fingerprint density at radius 2 is 1.94 bits per heavy atom. The van der Waals surface area contributed by atoms with Crippen LogP contribution in [0.25, 0.3) is 11.8 Å². The Morgan fingerprint density at radius 3 is 2.85 bits per heavy atom. The number of thiazole rings is 1. The molecule has 0 spiro atoms. The number of aromatic nitrogens is 1. The molecule has 0 fully saturated rings. The molecule has 2 aromatic carbocycles. The Hall–Kier alpha value is -3.42. The second kappa shape index (κ2) is 7.30. The first kappa shape index (κ1) is 19.1. The summed E-state index contributed by atoms with van der Waals surface area (Å²) in [4.78, 5) is 20.7. The van der Waals surface area contributed by atoms with Gasteiger partial charge in [0.15, 0.2) is 16.3 Å². The van der Waals surface area contributed by atoms with Gasteiger partial charge in [0.05, 0.1) is 16.3 Å². The van der Waals surface area contributed by atoms with Crippen molar-refractivity contribution < 1.29 is 9.47 Å². The van der Waals surface area contributed by atoms with Gasteiger partial charge in [-0.2, -0.15) is 0 Å². The molecule has 2 aliphatic heterocycles. The van der Waals surface area contributed by atoms with E-state index >= 15 is 0 Å². The molecule has 0 amide bonds. The zero-order chi connectivity index (χ0) is 21.9. The number of nitrogens with zero attached hydrogens (tertiary/aromatic N) is 2. The summed E-state index contributed by atoms with van der Waals surface area (Å²) in [5.41, 5.74) is 5.69. The predicted molar refractivity (Wildman–Crippen MR) is 130 cm³/mol. The molecule has 3 aliphatic rings. The van der Waals surface area contributed by atoms with Gasteiger partial charge < -0.3 is 9.47 Å². The summed E-state index contributed by atoms with van der Waals surface area (Å²) in [6.45, 7) is 0.231. The number of benzene rings is 2. The summed E-state index contributed by atoms with van der Waals surface area (Å²) in [6, 6.07) is 18.3. The number of allylic oxidation sites excluding steroid dienone is 1. The highest BCUT2D eigenvalue weighted by Crippen LogP contribution is 2.42. The molecule has 7 rings (SSSR count). The first-order valence-electron chi connectivity index (χ1n) is 10.8. The third kappa shape index (κ3) is 2.96. The number of hydrogen-bond acceptors (Lipinski definition) is 6. The van der Waals surface area contributed by atoms with E-state index in [1.807, 2.05) is 28.8 Å². The summed E-state index contributed by atoms with van der Waals surface area (Å²) in [7, 11) is 0. The Kier molecular flexibility index (Phi) is 4.22. The minimum absolute atomic E-state index is 0.000209. The Labute approximate surface area is 197 Å². The molecule has 2 aromatic heterocycles. The molecule has 0 radical (unpaired) electrons. The fourth-order valence-electron chi connectivity index (χ4n) is 4.87. The SMILES string of the molecule is O=c1/c(=C/c2ccc3c(c2)OCO3)sc2n1[C@@H](c1cccs1)C1=C(N=2)c2ccccc2CC1. The molecule has 0 saturated carbocycles. The molecule has 1 aliphatic carbocycles. The van der Waals surface area contributed by atoms with E-state index in [-0.39, 0.29) is 18.4 Å². The fraction of sp³-hybridized carbons (Fsp3) is 0.154. The normalized spacial score (nSPS) is 18.5. The van der Waals surface area contributed by atoms with Crippen LogP contribution in [-0.2, 0) is 6.42 Å². The van der Waals surface area contributed by atoms with Crippen molar-refractivity contribution in [2.75, 3.05) is 6.79 Å². The van der Waals surface area contributed by atoms with Crippen LogP contribution in [0.5, 0.6) is 11.5 Å². The van der Waals surface area contributed by atoms with E-state index in [1.165, 1.54) is 32.9 Å². The molecule has 0 N–H and O–H groups in total. The minimum Gasteiger partial charge on any atom is -0.454 e. The third-order valence-corrected chi connectivity index (χ3v) is 8.29. The van der Waals surface area contributed by atoms with Crippen LogP contribution >= 0.6 is 22.7 Å². The van der Waals surface area contributed by atoms with Crippen molar-refractivity contribution in [3.8, 4) is 11.5 Å². The maximum Gasteiger partial charge on any atom is 0.271 e. The van der Waals surface area contributed by atoms with Crippen molar-refractivity contribution in [1.29, 1.82) is 0 Å². The Morgan fingerprint density at radius 1 is 1.03 bits per heavy atom. The van der Waals surface area contributed by atoms with Gasteiger partial charge in [-0.3, -0.25) is 9.36 Å². The molecule has 0 unspecified atom stereocenters. The molecular formula is C26H18N2O3S2. The average Bonchev–Trinajstić information content (AvgIpc) is 3.59. The average molecular weight is 471 g/mol. The van der Waals surface area contributed by atoms with E-state index in [4.69, 9.17) is 14.5 Å². The van der Waals surface area contributed by atoms with Crippen LogP contribution in [0.4, 0.5) is 0 Å². The van der Waals surface area contributed by atoms with Gasteiger partial charge in [-0.25, -0.2) is 4.99 Å². The summed E-state index contributed by atoms with van der Waals surface area (Å²) in [5.74, 6) is 1.44. The van der Waals surface area contributed by atoms with E-state index < -0.39 is 0 Å². The van der Waals surface area contributed by atoms with E-state index in [0.29, 0.717) is 10.3 Å². The lowest BCUT2D eigenvalue weighted by atomic mass is 9.85. The maximum absolute atomic E-state index is 13.7. The number of aryl methyl sites for hydroxylation is 1. The molecule has 0 saturated heterocycles. The Balaban J connectivity index is 1.46. The number of rotatable bonds is 2. The van der Waals surface area contributed by atoms with Crippen LogP contribution in [0.15, 0.2) is 75.3 Å². The largest absolute Gasteiger partial charge is 0.454 e. The van der Waals surface area contributed by atoms with E-state index in [2.05, 4.69) is 41.8 Å². The standard InChI is InChI=1S/C26H18N2O3S2/c29-25-22(13-15-7-10-19-20(12-15)31-14-30-19)33-26-27-23-17-5-2-1-4-16(17)8-9-18(23)24(28(25)26)21-6-3-11-32-21/h1-7,10-13,24H,8-9,14H2/b22-13-/t24-/m1/s1. The zero-order valence-corrected chi connectivity index (χ0v) is 19.1. The molecule has 4 heterocycles. The second-order valence-corrected chi connectivity index (χ2v) is 10.2. The summed E-state index contributed by atoms with van der Waals surface area (Å²) >= 11 is 3.14. The van der Waals surface area contributed by atoms with Crippen molar-refractivity contribution in [2.45, 2.75) is 18.9 Å². The van der Waals surface area contributed by atoms with Gasteiger partial charge in [0.1, 0.15) is 0 Å². The van der Waals surface area contributed by atoms with Crippen molar-refractivity contribution in [2.24, 2.45) is 4.99 Å². The predicted octanol–water partition coefficient (Wildman–Crippen LogP) is 4.11. The summed E-state index contributed by atoms with van der Waals surface area (Å²) in [5, 5.41) is 2.08. The van der Waals surface area contributed by atoms with Crippen molar-refractivity contribution in [3.63, 3.8) is 0 Å². The quantitative estimate of drug-likeness (QED) is 0.443. The lowest BCUT2D eigenvalue weighted by molar-refractivity contribution is 0.174. The van der Waals surface area contributed by atoms with Crippen LogP contribution in [-0.4, -0.2) is 11.4 Å². The lowest BCUT2D eigenvalue weighted by Gasteiger charge is -2.30. The maximum atomic E-state index is 13.7. The van der Waals surface area contributed by atoms with Gasteiger partial charge in [-0.05, 0) is 59.2 Å². The first-order chi connectivity index (χ1) is 16.3. The molecule has 0 bridgehead atoms. The second-order valence-electron chi connectivity index (χ2n) is 8.24. The van der Waals surface area contributed by atoms with Crippen molar-refractivity contribution in [1.82, 2.24) is 4.57 Å². The summed E-state index contributed by atoms with van der Waals surface area (Å²) in [6.07, 6.45) is 3.80.